The van der Waals surface area contributed by atoms with Gasteiger partial charge in [-0.2, -0.15) is 0 Å². The van der Waals surface area contributed by atoms with Crippen LogP contribution in [0.25, 0.3) is 0 Å². The van der Waals surface area contributed by atoms with Crippen LogP contribution in [0.5, 0.6) is 0 Å². The number of nitrogens with two attached hydrogens (primary N) is 2. The molecule has 0 radical (unpaired) electrons. The van der Waals surface area contributed by atoms with E-state index in [2.05, 4.69) is 17.6 Å². The van der Waals surface area contributed by atoms with Gasteiger partial charge in [0, 0.05) is 23.8 Å². The molecule has 1 aliphatic carbocycles. The summed E-state index contributed by atoms with van der Waals surface area (Å²) < 4.78 is 20.2. The number of carbonyl (C=O) groups excluding carboxylic acids is 2. The van der Waals surface area contributed by atoms with Gasteiger partial charge < -0.3 is 46.5 Å². The van der Waals surface area contributed by atoms with Crippen molar-refractivity contribution in [3.05, 3.63) is 11.6 Å². The fourth-order valence-corrected chi connectivity index (χ4v) is 9.88. The second-order valence-corrected chi connectivity index (χ2v) is 15.2. The van der Waals surface area contributed by atoms with Gasteiger partial charge >= 0.3 is 5.97 Å². The number of allylic oxidation sites excluding steroid dienone is 1. The molecule has 6 fully saturated rings. The highest BCUT2D eigenvalue weighted by molar-refractivity contribution is 5.87. The summed E-state index contributed by atoms with van der Waals surface area (Å²) in [5.74, 6) is -0.712. The minimum atomic E-state index is -0.992. The van der Waals surface area contributed by atoms with E-state index >= 15 is 0 Å². The van der Waals surface area contributed by atoms with Gasteiger partial charge in [0.25, 0.3) is 0 Å². The van der Waals surface area contributed by atoms with Crippen LogP contribution in [0, 0.1) is 41.4 Å². The van der Waals surface area contributed by atoms with Crippen LogP contribution in [0.2, 0.25) is 0 Å². The molecule has 15 atom stereocenters. The van der Waals surface area contributed by atoms with E-state index in [-0.39, 0.29) is 61.0 Å². The van der Waals surface area contributed by atoms with Crippen LogP contribution in [0.15, 0.2) is 11.6 Å². The van der Waals surface area contributed by atoms with Gasteiger partial charge in [0.2, 0.25) is 0 Å². The monoisotopic (exact) mass is 632 g/mol. The fourth-order valence-electron chi connectivity index (χ4n) is 9.88. The van der Waals surface area contributed by atoms with E-state index in [0.29, 0.717) is 23.8 Å². The molecule has 11 heteroatoms. The number of esters is 1. The molecule has 0 aromatic carbocycles. The summed E-state index contributed by atoms with van der Waals surface area (Å²) >= 11 is 0. The van der Waals surface area contributed by atoms with Crippen LogP contribution in [0.1, 0.15) is 78.6 Å². The zero-order chi connectivity index (χ0) is 32.0. The van der Waals surface area contributed by atoms with Crippen LogP contribution < -0.4 is 22.1 Å². The number of hydrogen-bond acceptors (Lipinski definition) is 11. The van der Waals surface area contributed by atoms with Crippen molar-refractivity contribution < 1.29 is 34.0 Å². The van der Waals surface area contributed by atoms with Gasteiger partial charge in [-0.15, -0.1) is 0 Å². The second-order valence-electron chi connectivity index (χ2n) is 15.2. The topological polar surface area (TPSA) is 178 Å². The van der Waals surface area contributed by atoms with E-state index in [1.165, 1.54) is 0 Å². The standard InChI is InChI=1S/C34H56N4O7/c1-4-17(2)33(42)44-26-14-23-29(41)28-25(40)13-21(16-39)43-31(28)24-12-19-9-10-37-32(36)22(19)7-6-20(34(26,3)45-30(23)24)11-18-5-8-27(35)38-15-18/h4,18-24,26-32,37-39,41H,5-16,35-36H2,1-3H3/t18?,19?,20-,21?,22?,23?,24?,26-,27?,28?,29?,30?,31?,32?,34-/m0/s1. The van der Waals surface area contributed by atoms with Gasteiger partial charge in [0.1, 0.15) is 17.5 Å². The summed E-state index contributed by atoms with van der Waals surface area (Å²) in [5.41, 5.74) is 12.7. The summed E-state index contributed by atoms with van der Waals surface area (Å²) in [6.45, 7) is 7.10. The summed E-state index contributed by atoms with van der Waals surface area (Å²) in [6, 6.07) is 0. The van der Waals surface area contributed by atoms with Gasteiger partial charge in [0.05, 0.1) is 49.3 Å². The molecule has 8 N–H and O–H groups in total. The number of ketones is 1. The van der Waals surface area contributed by atoms with Crippen LogP contribution in [0.4, 0.5) is 0 Å². The first-order chi connectivity index (χ1) is 21.5. The lowest BCUT2D eigenvalue weighted by atomic mass is 9.58. The number of hydrogen-bond donors (Lipinski definition) is 6. The Morgan fingerprint density at radius 3 is 2.60 bits per heavy atom. The Kier molecular flexibility index (Phi) is 10.1. The van der Waals surface area contributed by atoms with E-state index in [9.17, 15) is 19.8 Å². The predicted octanol–water partition coefficient (Wildman–Crippen LogP) is 1.34. The van der Waals surface area contributed by atoms with E-state index < -0.39 is 41.9 Å². The number of piperidine rings is 2. The summed E-state index contributed by atoms with van der Waals surface area (Å²) in [6.07, 6.45) is 5.35. The van der Waals surface area contributed by atoms with Crippen LogP contribution in [-0.4, -0.2) is 90.1 Å². The Hall–Kier alpha value is -1.44. The minimum Gasteiger partial charge on any atom is -0.456 e. The van der Waals surface area contributed by atoms with E-state index in [4.69, 9.17) is 25.7 Å². The maximum Gasteiger partial charge on any atom is 0.333 e. The maximum absolute atomic E-state index is 13.6. The molecule has 0 aromatic heterocycles. The van der Waals surface area contributed by atoms with Crippen molar-refractivity contribution in [1.29, 1.82) is 0 Å². The van der Waals surface area contributed by atoms with Crippen molar-refractivity contribution in [1.82, 2.24) is 10.6 Å². The van der Waals surface area contributed by atoms with Crippen molar-refractivity contribution in [2.24, 2.45) is 52.9 Å². The van der Waals surface area contributed by atoms with Crippen molar-refractivity contribution >= 4 is 11.8 Å². The normalized spacial score (nSPS) is 49.0. The highest BCUT2D eigenvalue weighted by Gasteiger charge is 2.63. The number of aliphatic hydroxyl groups is 2. The van der Waals surface area contributed by atoms with Gasteiger partial charge in [0.15, 0.2) is 0 Å². The smallest absolute Gasteiger partial charge is 0.333 e. The first kappa shape index (κ1) is 33.5. The molecule has 5 heterocycles. The molecule has 45 heavy (non-hydrogen) atoms. The number of rotatable bonds is 5. The molecule has 5 aliphatic heterocycles. The highest BCUT2D eigenvalue weighted by atomic mass is 16.6. The van der Waals surface area contributed by atoms with Crippen LogP contribution in [-0.2, 0) is 23.8 Å². The summed E-state index contributed by atoms with van der Waals surface area (Å²) in [5, 5.41) is 28.9. The average Bonchev–Trinajstić information content (AvgIpc) is 3.02. The Balaban J connectivity index is 1.42. The summed E-state index contributed by atoms with van der Waals surface area (Å²) in [7, 11) is 0. The third-order valence-corrected chi connectivity index (χ3v) is 12.7. The fraction of sp³-hybridized carbons (Fsp3) is 0.882. The van der Waals surface area contributed by atoms with E-state index in [1.54, 1.807) is 13.0 Å². The molecule has 254 valence electrons. The molecular weight excluding hydrogens is 576 g/mol. The molecule has 5 saturated heterocycles. The molecule has 6 rings (SSSR count). The summed E-state index contributed by atoms with van der Waals surface area (Å²) in [4.78, 5) is 26.9. The van der Waals surface area contributed by atoms with E-state index in [0.717, 1.165) is 58.0 Å². The van der Waals surface area contributed by atoms with Gasteiger partial charge in [-0.3, -0.25) is 4.79 Å². The van der Waals surface area contributed by atoms with Crippen molar-refractivity contribution in [3.8, 4) is 0 Å². The van der Waals surface area contributed by atoms with Crippen molar-refractivity contribution in [2.75, 3.05) is 19.7 Å². The maximum atomic E-state index is 13.6. The van der Waals surface area contributed by atoms with Crippen molar-refractivity contribution in [3.63, 3.8) is 0 Å². The third-order valence-electron chi connectivity index (χ3n) is 12.7. The number of nitrogens with one attached hydrogen (secondary N) is 2. The molecule has 6 aliphatic rings. The first-order valence-corrected chi connectivity index (χ1v) is 17.5. The molecule has 1 saturated carbocycles. The number of ether oxygens (including phenoxy) is 3. The number of fused-ring (bicyclic) bond motifs is 4. The van der Waals surface area contributed by atoms with Crippen molar-refractivity contribution in [2.45, 2.75) is 127 Å². The van der Waals surface area contributed by atoms with Gasteiger partial charge in [-0.1, -0.05) is 6.08 Å². The van der Waals surface area contributed by atoms with Crippen LogP contribution in [0.3, 0.4) is 0 Å². The molecule has 0 amide bonds. The Morgan fingerprint density at radius 2 is 1.89 bits per heavy atom. The minimum absolute atomic E-state index is 0.00975. The molecule has 0 spiro atoms. The number of aliphatic hydroxyl groups excluding tert-OH is 2. The number of Topliss-reactive ketones (excluding diaryl/α,β-unsaturated/α-hetero) is 1. The van der Waals surface area contributed by atoms with Crippen LogP contribution >= 0.6 is 0 Å². The Labute approximate surface area is 267 Å². The zero-order valence-electron chi connectivity index (χ0n) is 27.2. The quantitative estimate of drug-likeness (QED) is 0.190. The molecule has 0 aromatic rings. The largest absolute Gasteiger partial charge is 0.456 e. The lowest BCUT2D eigenvalue weighted by Gasteiger charge is -2.60. The lowest BCUT2D eigenvalue weighted by Crippen LogP contribution is -2.69. The average molecular weight is 633 g/mol. The Bertz CT molecular complexity index is 1110. The zero-order valence-corrected chi connectivity index (χ0v) is 27.2. The first-order valence-electron chi connectivity index (χ1n) is 17.5. The molecular formula is C34H56N4O7. The van der Waals surface area contributed by atoms with Gasteiger partial charge in [-0.25, -0.2) is 4.79 Å². The molecule has 12 unspecified atom stereocenters. The Morgan fingerprint density at radius 1 is 1.09 bits per heavy atom. The highest BCUT2D eigenvalue weighted by Crippen LogP contribution is 2.55. The number of carbonyl (C=O) groups is 2. The molecule has 11 nitrogen and oxygen atoms in total. The SMILES string of the molecule is CC=C(C)C(=O)O[C@H]1CC2C(O)C3C(=O)CC(CO)OC3C3CC4CCNC(N)C4CC[C@@H](CC4CCC(N)NC4)[C@]1(C)OC23. The molecule has 2 bridgehead atoms. The van der Waals surface area contributed by atoms with Gasteiger partial charge in [-0.05, 0) is 109 Å². The lowest BCUT2D eigenvalue weighted by molar-refractivity contribution is -0.299. The second kappa shape index (κ2) is 13.6. The predicted molar refractivity (Wildman–Crippen MR) is 167 cm³/mol. The third kappa shape index (κ3) is 6.40. The van der Waals surface area contributed by atoms with E-state index in [1.807, 2.05) is 6.92 Å².